The van der Waals surface area contributed by atoms with Gasteiger partial charge in [-0.15, -0.1) is 10.0 Å². The molecule has 8 aromatic carbocycles. The normalized spacial score (nSPS) is 11.7. The van der Waals surface area contributed by atoms with Crippen LogP contribution in [0.1, 0.15) is 66.8 Å². The number of rotatable bonds is 10. The zero-order valence-electron chi connectivity index (χ0n) is 39.4. The minimum Gasteiger partial charge on any atom is -0.309 e. The van der Waals surface area contributed by atoms with Crippen molar-refractivity contribution in [3.63, 3.8) is 0 Å². The van der Waals surface area contributed by atoms with Crippen LogP contribution in [-0.2, 0) is 0 Å². The van der Waals surface area contributed by atoms with Crippen LogP contribution in [0.3, 0.4) is 0 Å². The molecule has 0 aliphatic heterocycles. The van der Waals surface area contributed by atoms with Gasteiger partial charge in [0.05, 0.1) is 11.4 Å². The van der Waals surface area contributed by atoms with Gasteiger partial charge < -0.3 is 4.90 Å². The third-order valence-electron chi connectivity index (χ3n) is 13.0. The number of hydrogen-bond donors (Lipinski definition) is 0. The molecule has 1 nitrogen and oxygen atoms in total. The maximum atomic E-state index is 2.51. The minimum absolute atomic E-state index is 0.103. The van der Waals surface area contributed by atoms with E-state index in [0.717, 1.165) is 5.69 Å². The van der Waals surface area contributed by atoms with Crippen LogP contribution in [-0.4, -0.2) is 6.71 Å². The van der Waals surface area contributed by atoms with E-state index in [1.807, 2.05) is 0 Å². The number of benzene rings is 8. The van der Waals surface area contributed by atoms with Crippen LogP contribution in [0.4, 0.5) is 17.1 Å². The van der Waals surface area contributed by atoms with Crippen molar-refractivity contribution < 1.29 is 0 Å². The van der Waals surface area contributed by atoms with Crippen molar-refractivity contribution in [1.29, 1.82) is 0 Å². The summed E-state index contributed by atoms with van der Waals surface area (Å²) in [7, 11) is -1.96. The van der Waals surface area contributed by atoms with Crippen molar-refractivity contribution in [3.8, 4) is 0 Å². The van der Waals surface area contributed by atoms with Crippen LogP contribution in [0.15, 0.2) is 177 Å². The molecule has 0 aliphatic carbocycles. The first kappa shape index (κ1) is 43.6. The molecule has 0 atom stereocenters. The van der Waals surface area contributed by atoms with Crippen molar-refractivity contribution in [1.82, 2.24) is 0 Å². The highest BCUT2D eigenvalue weighted by atomic mass is 32.3. The fraction of sp³-hybridized carbons (Fsp3) is 0.200. The summed E-state index contributed by atoms with van der Waals surface area (Å²) >= 11 is 0. The van der Waals surface area contributed by atoms with Crippen LogP contribution in [0.2, 0.25) is 0 Å². The highest BCUT2D eigenvalue weighted by molar-refractivity contribution is 8.34. The lowest BCUT2D eigenvalue weighted by Crippen LogP contribution is -2.55. The van der Waals surface area contributed by atoms with Crippen molar-refractivity contribution in [3.05, 3.63) is 224 Å². The van der Waals surface area contributed by atoms with Crippen molar-refractivity contribution in [2.75, 3.05) is 4.90 Å². The summed E-state index contributed by atoms with van der Waals surface area (Å²) in [6.45, 7) is 27.1. The van der Waals surface area contributed by atoms with Gasteiger partial charge in [-0.25, -0.2) is 0 Å². The molecule has 0 unspecified atom stereocenters. The highest BCUT2D eigenvalue weighted by Crippen LogP contribution is 2.73. The third-order valence-corrected chi connectivity index (χ3v) is 16.9. The topological polar surface area (TPSA) is 3.24 Å². The minimum atomic E-state index is -1.96. The average Bonchev–Trinajstić information content (AvgIpc) is 3.23. The molecular formula is C60H62BNS. The van der Waals surface area contributed by atoms with Crippen molar-refractivity contribution in [2.45, 2.75) is 103 Å². The molecule has 0 N–H and O–H groups in total. The summed E-state index contributed by atoms with van der Waals surface area (Å²) in [5.41, 5.74) is 23.4. The smallest absolute Gasteiger partial charge is 0.242 e. The number of anilines is 3. The van der Waals surface area contributed by atoms with E-state index in [-0.39, 0.29) is 6.71 Å². The Balaban J connectivity index is 1.36. The molecule has 0 saturated heterocycles. The number of hydrogen-bond acceptors (Lipinski definition) is 1. The highest BCUT2D eigenvalue weighted by Gasteiger charge is 2.35. The molecule has 3 heteroatoms. The molecule has 316 valence electrons. The van der Waals surface area contributed by atoms with Crippen LogP contribution >= 0.6 is 10.0 Å². The monoisotopic (exact) mass is 839 g/mol. The van der Waals surface area contributed by atoms with E-state index in [1.165, 1.54) is 114 Å². The van der Waals surface area contributed by atoms with Crippen molar-refractivity contribution >= 4 is 50.2 Å². The Kier molecular flexibility index (Phi) is 12.2. The molecule has 0 aliphatic rings. The Morgan fingerprint density at radius 1 is 0.317 bits per heavy atom. The van der Waals surface area contributed by atoms with E-state index >= 15 is 0 Å². The summed E-state index contributed by atoms with van der Waals surface area (Å²) in [6, 6.07) is 60.6. The van der Waals surface area contributed by atoms with Crippen LogP contribution in [0.5, 0.6) is 0 Å². The first-order chi connectivity index (χ1) is 30.2. The Bertz CT molecular complexity index is 2540. The van der Waals surface area contributed by atoms with Gasteiger partial charge in [-0.2, -0.15) is 0 Å². The fourth-order valence-electron chi connectivity index (χ4n) is 10.9. The second-order valence-corrected chi connectivity index (χ2v) is 21.3. The van der Waals surface area contributed by atoms with Gasteiger partial charge in [-0.05, 0) is 166 Å². The van der Waals surface area contributed by atoms with E-state index in [4.69, 9.17) is 0 Å². The quantitative estimate of drug-likeness (QED) is 0.124. The van der Waals surface area contributed by atoms with E-state index < -0.39 is 10.0 Å². The second kappa shape index (κ2) is 17.6. The molecule has 0 bridgehead atoms. The molecule has 8 aromatic rings. The molecule has 0 heterocycles. The first-order valence-electron chi connectivity index (χ1n) is 22.4. The standard InChI is InChI=1S/C60H62BNS/c1-39-31-43(5)57(44(6)32-39)61(58-45(7)33-40(2)34-46(58)8)51-23-27-55(28-24-51)63(53-19-15-13-16-20-53,54-21-17-14-18-22-54)56-29-25-52(26-30-56)62(59-47(9)35-41(3)36-48(59)10)60-49(11)37-42(4)38-50(60)12/h13-38H,1-12H3. The molecule has 0 saturated carbocycles. The lowest BCUT2D eigenvalue weighted by molar-refractivity contribution is 1.16. The summed E-state index contributed by atoms with van der Waals surface area (Å²) < 4.78 is 0. The SMILES string of the molecule is Cc1cc(C)c(B(c2ccc(S(c3ccccc3)(c3ccccc3)c3ccc(N(c4c(C)cc(C)cc4C)c4c(C)cc(C)cc4C)cc3)cc2)c2c(C)cc(C)cc2C)c(C)c1. The average molecular weight is 840 g/mol. The molecule has 0 aromatic heterocycles. The molecular weight excluding hydrogens is 778 g/mol. The molecule has 0 radical (unpaired) electrons. The predicted octanol–water partition coefficient (Wildman–Crippen LogP) is 14.7. The van der Waals surface area contributed by atoms with Gasteiger partial charge in [0.25, 0.3) is 0 Å². The van der Waals surface area contributed by atoms with Gasteiger partial charge in [0.15, 0.2) is 0 Å². The molecule has 8 rings (SSSR count). The number of nitrogens with zero attached hydrogens (tertiary/aromatic N) is 1. The zero-order valence-corrected chi connectivity index (χ0v) is 40.3. The van der Waals surface area contributed by atoms with Gasteiger partial charge in [0.2, 0.25) is 6.71 Å². The van der Waals surface area contributed by atoms with Crippen LogP contribution in [0.25, 0.3) is 0 Å². The summed E-state index contributed by atoms with van der Waals surface area (Å²) in [5, 5.41) is 0. The third kappa shape index (κ3) is 8.09. The van der Waals surface area contributed by atoms with Crippen LogP contribution < -0.4 is 21.3 Å². The molecule has 0 spiro atoms. The lowest BCUT2D eigenvalue weighted by Gasteiger charge is -2.42. The maximum absolute atomic E-state index is 2.51. The van der Waals surface area contributed by atoms with Gasteiger partial charge in [0, 0.05) is 25.3 Å². The number of aryl methyl sites for hydroxylation is 12. The summed E-state index contributed by atoms with van der Waals surface area (Å²) in [5.74, 6) is 0. The summed E-state index contributed by atoms with van der Waals surface area (Å²) in [4.78, 5) is 7.77. The zero-order chi connectivity index (χ0) is 44.7. The van der Waals surface area contributed by atoms with Gasteiger partial charge in [-0.3, -0.25) is 0 Å². The maximum Gasteiger partial charge on any atom is 0.242 e. The largest absolute Gasteiger partial charge is 0.309 e. The van der Waals surface area contributed by atoms with Crippen molar-refractivity contribution in [2.24, 2.45) is 0 Å². The Morgan fingerprint density at radius 2 is 0.603 bits per heavy atom. The van der Waals surface area contributed by atoms with E-state index in [0.29, 0.717) is 0 Å². The molecule has 0 fully saturated rings. The van der Waals surface area contributed by atoms with E-state index in [1.54, 1.807) is 0 Å². The van der Waals surface area contributed by atoms with Gasteiger partial charge in [0.1, 0.15) is 0 Å². The Morgan fingerprint density at radius 3 is 0.937 bits per heavy atom. The van der Waals surface area contributed by atoms with Gasteiger partial charge >= 0.3 is 0 Å². The first-order valence-corrected chi connectivity index (χ1v) is 24.1. The van der Waals surface area contributed by atoms with E-state index in [9.17, 15) is 0 Å². The molecule has 0 amide bonds. The Labute approximate surface area is 380 Å². The lowest BCUT2D eigenvalue weighted by atomic mass is 9.34. The Hall–Kier alpha value is -6.03. The molecule has 63 heavy (non-hydrogen) atoms. The second-order valence-electron chi connectivity index (χ2n) is 18.2. The fourth-order valence-corrected chi connectivity index (χ4v) is 14.8. The van der Waals surface area contributed by atoms with Crippen LogP contribution in [0, 0.1) is 83.1 Å². The predicted molar refractivity (Wildman–Crippen MR) is 275 cm³/mol. The van der Waals surface area contributed by atoms with E-state index in [2.05, 4.69) is 246 Å². The summed E-state index contributed by atoms with van der Waals surface area (Å²) in [6.07, 6.45) is 0. The van der Waals surface area contributed by atoms with Gasteiger partial charge in [-0.1, -0.05) is 158 Å².